The van der Waals surface area contributed by atoms with E-state index in [4.69, 9.17) is 16.3 Å². The van der Waals surface area contributed by atoms with Gasteiger partial charge in [-0.2, -0.15) is 5.10 Å². The van der Waals surface area contributed by atoms with Gasteiger partial charge in [0.15, 0.2) is 0 Å². The van der Waals surface area contributed by atoms with Gasteiger partial charge >= 0.3 is 0 Å². The largest absolute Gasteiger partial charge is 0.496 e. The fourth-order valence-corrected chi connectivity index (χ4v) is 3.41. The third-order valence-corrected chi connectivity index (χ3v) is 4.89. The number of aryl methyl sites for hydroxylation is 2. The Bertz CT molecular complexity index is 579. The summed E-state index contributed by atoms with van der Waals surface area (Å²) >= 11 is 8.07. The van der Waals surface area contributed by atoms with Crippen molar-refractivity contribution in [1.29, 1.82) is 0 Å². The lowest BCUT2D eigenvalue weighted by Gasteiger charge is -2.15. The Morgan fingerprint density at radius 1 is 1.55 bits per heavy atom. The van der Waals surface area contributed by atoms with Crippen LogP contribution >= 0.6 is 22.9 Å². The Morgan fingerprint density at radius 2 is 2.30 bits per heavy atom. The van der Waals surface area contributed by atoms with E-state index in [1.807, 2.05) is 24.0 Å². The quantitative estimate of drug-likeness (QED) is 0.888. The van der Waals surface area contributed by atoms with E-state index in [-0.39, 0.29) is 6.04 Å². The van der Waals surface area contributed by atoms with E-state index in [2.05, 4.69) is 23.4 Å². The molecule has 110 valence electrons. The van der Waals surface area contributed by atoms with Crippen molar-refractivity contribution < 1.29 is 4.74 Å². The smallest absolute Gasteiger partial charge is 0.129 e. The normalized spacial score (nSPS) is 12.7. The summed E-state index contributed by atoms with van der Waals surface area (Å²) in [4.78, 5) is 1.24. The summed E-state index contributed by atoms with van der Waals surface area (Å²) in [6, 6.07) is 2.28. The molecule has 0 saturated carbocycles. The Morgan fingerprint density at radius 3 is 2.85 bits per heavy atom. The molecule has 2 heterocycles. The predicted octanol–water partition coefficient (Wildman–Crippen LogP) is 3.44. The van der Waals surface area contributed by atoms with Gasteiger partial charge in [0.25, 0.3) is 0 Å². The lowest BCUT2D eigenvalue weighted by molar-refractivity contribution is 0.416. The minimum atomic E-state index is 0.211. The number of methoxy groups -OCH3 is 1. The summed E-state index contributed by atoms with van der Waals surface area (Å²) in [5.41, 5.74) is 1.97. The first-order valence-electron chi connectivity index (χ1n) is 6.62. The maximum absolute atomic E-state index is 6.38. The Kier molecular flexibility index (Phi) is 5.07. The van der Waals surface area contributed by atoms with E-state index in [1.54, 1.807) is 18.4 Å². The average Bonchev–Trinajstić information content (AvgIpc) is 3.03. The zero-order valence-electron chi connectivity index (χ0n) is 12.2. The molecule has 6 heteroatoms. The maximum Gasteiger partial charge on any atom is 0.129 e. The molecule has 0 aliphatic rings. The third-order valence-electron chi connectivity index (χ3n) is 3.37. The molecule has 0 spiro atoms. The molecular weight excluding hydrogens is 294 g/mol. The SMILES string of the molecule is CCn1nc(C)c(Cl)c1CC(NC)c1cc(OC)cs1. The summed E-state index contributed by atoms with van der Waals surface area (Å²) in [5.74, 6) is 0.900. The Labute approximate surface area is 128 Å². The van der Waals surface area contributed by atoms with Crippen molar-refractivity contribution in [3.63, 3.8) is 0 Å². The van der Waals surface area contributed by atoms with Crippen molar-refractivity contribution in [3.8, 4) is 5.75 Å². The molecule has 0 aliphatic carbocycles. The van der Waals surface area contributed by atoms with Gasteiger partial charge in [-0.15, -0.1) is 11.3 Å². The van der Waals surface area contributed by atoms with Crippen molar-refractivity contribution >= 4 is 22.9 Å². The number of rotatable bonds is 6. The molecule has 1 unspecified atom stereocenters. The molecule has 2 aromatic rings. The van der Waals surface area contributed by atoms with Gasteiger partial charge in [0.2, 0.25) is 0 Å². The van der Waals surface area contributed by atoms with Crippen molar-refractivity contribution in [2.75, 3.05) is 14.2 Å². The van der Waals surface area contributed by atoms with Crippen molar-refractivity contribution in [1.82, 2.24) is 15.1 Å². The molecule has 2 rings (SSSR count). The first-order valence-corrected chi connectivity index (χ1v) is 7.87. The lowest BCUT2D eigenvalue weighted by Crippen LogP contribution is -2.19. The summed E-state index contributed by atoms with van der Waals surface area (Å²) < 4.78 is 7.23. The first kappa shape index (κ1) is 15.4. The number of halogens is 1. The number of nitrogens with one attached hydrogen (secondary N) is 1. The molecule has 0 aromatic carbocycles. The van der Waals surface area contributed by atoms with Gasteiger partial charge in [-0.05, 0) is 27.0 Å². The summed E-state index contributed by atoms with van der Waals surface area (Å²) in [7, 11) is 3.65. The highest BCUT2D eigenvalue weighted by Gasteiger charge is 2.19. The minimum Gasteiger partial charge on any atom is -0.496 e. The molecule has 20 heavy (non-hydrogen) atoms. The second-order valence-corrected chi connectivity index (χ2v) is 5.92. The third kappa shape index (κ3) is 3.00. The fraction of sp³-hybridized carbons (Fsp3) is 0.500. The molecule has 0 amide bonds. The molecule has 0 radical (unpaired) electrons. The minimum absolute atomic E-state index is 0.211. The highest BCUT2D eigenvalue weighted by Crippen LogP contribution is 2.31. The molecule has 4 nitrogen and oxygen atoms in total. The number of hydrogen-bond acceptors (Lipinski definition) is 4. The van der Waals surface area contributed by atoms with Crippen LogP contribution in [0.4, 0.5) is 0 Å². The van der Waals surface area contributed by atoms with Crippen molar-refractivity contribution in [2.45, 2.75) is 32.9 Å². The number of hydrogen-bond donors (Lipinski definition) is 1. The number of likely N-dealkylation sites (N-methyl/N-ethyl adjacent to an activating group) is 1. The van der Waals surface area contributed by atoms with E-state index >= 15 is 0 Å². The van der Waals surface area contributed by atoms with Gasteiger partial charge in [0.1, 0.15) is 5.75 Å². The molecule has 0 bridgehead atoms. The van der Waals surface area contributed by atoms with Crippen molar-refractivity contribution in [2.24, 2.45) is 0 Å². The number of ether oxygens (including phenoxy) is 1. The highest BCUT2D eigenvalue weighted by atomic mass is 35.5. The zero-order chi connectivity index (χ0) is 14.7. The van der Waals surface area contributed by atoms with E-state index in [1.165, 1.54) is 4.88 Å². The second-order valence-electron chi connectivity index (χ2n) is 4.60. The van der Waals surface area contributed by atoms with Gasteiger partial charge in [0.05, 0.1) is 23.5 Å². The molecule has 2 aromatic heterocycles. The Balaban J connectivity index is 2.26. The predicted molar refractivity (Wildman–Crippen MR) is 84.0 cm³/mol. The average molecular weight is 314 g/mol. The van der Waals surface area contributed by atoms with Crippen LogP contribution in [-0.2, 0) is 13.0 Å². The van der Waals surface area contributed by atoms with Crippen LogP contribution in [-0.4, -0.2) is 23.9 Å². The van der Waals surface area contributed by atoms with Crippen LogP contribution in [0.1, 0.15) is 29.2 Å². The molecule has 1 atom stereocenters. The summed E-state index contributed by atoms with van der Waals surface area (Å²) in [6.45, 7) is 4.85. The van der Waals surface area contributed by atoms with Crippen LogP contribution in [0.3, 0.4) is 0 Å². The van der Waals surface area contributed by atoms with Gasteiger partial charge in [0, 0.05) is 29.3 Å². The van der Waals surface area contributed by atoms with Gasteiger partial charge in [-0.25, -0.2) is 0 Å². The number of aromatic nitrogens is 2. The molecule has 0 aliphatic heterocycles. The van der Waals surface area contributed by atoms with Crippen molar-refractivity contribution in [3.05, 3.63) is 32.7 Å². The van der Waals surface area contributed by atoms with Gasteiger partial charge in [-0.1, -0.05) is 11.6 Å². The van der Waals surface area contributed by atoms with Crippen LogP contribution < -0.4 is 10.1 Å². The van der Waals surface area contributed by atoms with Crippen LogP contribution in [0.5, 0.6) is 5.75 Å². The lowest BCUT2D eigenvalue weighted by atomic mass is 10.1. The van der Waals surface area contributed by atoms with E-state index in [9.17, 15) is 0 Å². The molecule has 0 fully saturated rings. The standard InChI is InChI=1S/C14H20ClN3OS/c1-5-18-12(14(15)9(2)17-18)7-11(16-3)13-6-10(19-4)8-20-13/h6,8,11,16H,5,7H2,1-4H3. The van der Waals surface area contributed by atoms with Gasteiger partial charge < -0.3 is 10.1 Å². The van der Waals surface area contributed by atoms with E-state index in [0.717, 1.165) is 35.1 Å². The monoisotopic (exact) mass is 313 g/mol. The fourth-order valence-electron chi connectivity index (χ4n) is 2.23. The molecule has 0 saturated heterocycles. The van der Waals surface area contributed by atoms with Crippen LogP contribution in [0, 0.1) is 6.92 Å². The number of thiophene rings is 1. The molecule has 1 N–H and O–H groups in total. The van der Waals surface area contributed by atoms with E-state index < -0.39 is 0 Å². The zero-order valence-corrected chi connectivity index (χ0v) is 13.8. The number of nitrogens with zero attached hydrogens (tertiary/aromatic N) is 2. The van der Waals surface area contributed by atoms with Crippen LogP contribution in [0.25, 0.3) is 0 Å². The molecular formula is C14H20ClN3OS. The first-order chi connectivity index (χ1) is 9.60. The van der Waals surface area contributed by atoms with Crippen LogP contribution in [0.15, 0.2) is 11.4 Å². The van der Waals surface area contributed by atoms with Gasteiger partial charge in [-0.3, -0.25) is 4.68 Å². The van der Waals surface area contributed by atoms with Crippen LogP contribution in [0.2, 0.25) is 5.02 Å². The Hall–Kier alpha value is -1.04. The second kappa shape index (κ2) is 6.61. The maximum atomic E-state index is 6.38. The summed E-state index contributed by atoms with van der Waals surface area (Å²) in [5, 5.41) is 10.6. The topological polar surface area (TPSA) is 39.1 Å². The highest BCUT2D eigenvalue weighted by molar-refractivity contribution is 7.10. The summed E-state index contributed by atoms with van der Waals surface area (Å²) in [6.07, 6.45) is 0.813. The van der Waals surface area contributed by atoms with E-state index in [0.29, 0.717) is 0 Å².